The van der Waals surface area contributed by atoms with Gasteiger partial charge in [-0.3, -0.25) is 9.47 Å². The van der Waals surface area contributed by atoms with Crippen molar-refractivity contribution in [3.05, 3.63) is 136 Å². The monoisotopic (exact) mass is 640 g/mol. The molecule has 0 fully saturated rings. The lowest BCUT2D eigenvalue weighted by Gasteiger charge is -2.38. The number of nitrogens with zero attached hydrogens (tertiary/aromatic N) is 2. The van der Waals surface area contributed by atoms with E-state index in [1.54, 1.807) is 0 Å². The number of rotatable bonds is 6. The number of para-hydroxylation sites is 2. The summed E-state index contributed by atoms with van der Waals surface area (Å²) in [5.41, 5.74) is 12.5. The van der Waals surface area contributed by atoms with Crippen LogP contribution in [0.15, 0.2) is 109 Å². The van der Waals surface area contributed by atoms with E-state index in [1.807, 2.05) is 6.07 Å². The molecule has 0 unspecified atom stereocenters. The van der Waals surface area contributed by atoms with Gasteiger partial charge in [0.1, 0.15) is 5.82 Å². The van der Waals surface area contributed by atoms with Crippen molar-refractivity contribution >= 4 is 74.4 Å². The molecule has 0 aliphatic carbocycles. The van der Waals surface area contributed by atoms with Crippen LogP contribution in [0, 0.1) is 0 Å². The second-order valence-corrected chi connectivity index (χ2v) is 14.3. The van der Waals surface area contributed by atoms with Crippen LogP contribution in [0.25, 0.3) is 16.6 Å². The molecule has 1 aliphatic rings. The largest absolute Gasteiger partial charge is 0.297 e. The van der Waals surface area contributed by atoms with Gasteiger partial charge in [0.2, 0.25) is 6.71 Å². The first-order chi connectivity index (χ1) is 22.2. The Balaban J connectivity index is 1.71. The third-order valence-corrected chi connectivity index (χ3v) is 9.95. The molecule has 1 aliphatic heterocycles. The molecular formula is C41H39BCl2N2. The quantitative estimate of drug-likeness (QED) is 0.164. The third-order valence-electron chi connectivity index (χ3n) is 9.48. The SMILES string of the molecule is CC(C)c1cc(C(C)C)c(B2c3ccc(Cl)cc3N(c3ccccc3)c3c2c2ccc(Cl)cc2n3-c2ccccc2)c(C(C)C)c1. The van der Waals surface area contributed by atoms with Crippen LogP contribution in [0.1, 0.15) is 76.0 Å². The predicted molar refractivity (Wildman–Crippen MR) is 201 cm³/mol. The summed E-state index contributed by atoms with van der Waals surface area (Å²) in [5.74, 6) is 2.24. The number of hydrogen-bond donors (Lipinski definition) is 0. The maximum atomic E-state index is 6.87. The highest BCUT2D eigenvalue weighted by molar-refractivity contribution is 7.00. The first-order valence-electron chi connectivity index (χ1n) is 16.4. The minimum absolute atomic E-state index is 0.0214. The number of aromatic nitrogens is 1. The number of fused-ring (bicyclic) bond motifs is 4. The molecule has 0 bridgehead atoms. The Labute approximate surface area is 283 Å². The summed E-state index contributed by atoms with van der Waals surface area (Å²) in [6, 6.07) is 39.1. The highest BCUT2D eigenvalue weighted by Gasteiger charge is 2.42. The first-order valence-corrected chi connectivity index (χ1v) is 17.1. The molecule has 5 heteroatoms. The average Bonchev–Trinajstić information content (AvgIpc) is 3.37. The molecule has 0 saturated heterocycles. The van der Waals surface area contributed by atoms with Crippen molar-refractivity contribution in [2.24, 2.45) is 0 Å². The fourth-order valence-electron chi connectivity index (χ4n) is 7.32. The van der Waals surface area contributed by atoms with Crippen LogP contribution in [-0.4, -0.2) is 11.3 Å². The van der Waals surface area contributed by atoms with Gasteiger partial charge in [0.05, 0.1) is 5.52 Å². The molecule has 230 valence electrons. The summed E-state index contributed by atoms with van der Waals surface area (Å²) in [7, 11) is 0. The van der Waals surface area contributed by atoms with Gasteiger partial charge >= 0.3 is 0 Å². The lowest BCUT2D eigenvalue weighted by Crippen LogP contribution is -2.59. The summed E-state index contributed by atoms with van der Waals surface area (Å²) in [6.07, 6.45) is 0. The van der Waals surface area contributed by atoms with Crippen molar-refractivity contribution in [1.82, 2.24) is 4.57 Å². The second kappa shape index (κ2) is 12.0. The van der Waals surface area contributed by atoms with Crippen molar-refractivity contribution in [2.45, 2.75) is 59.3 Å². The normalized spacial score (nSPS) is 12.8. The van der Waals surface area contributed by atoms with E-state index in [-0.39, 0.29) is 6.71 Å². The van der Waals surface area contributed by atoms with Crippen molar-refractivity contribution in [2.75, 3.05) is 4.90 Å². The second-order valence-electron chi connectivity index (χ2n) is 13.5. The van der Waals surface area contributed by atoms with Crippen molar-refractivity contribution in [3.8, 4) is 5.69 Å². The Hall–Kier alpha value is -3.92. The summed E-state index contributed by atoms with van der Waals surface area (Å²) in [6.45, 7) is 13.9. The average molecular weight is 641 g/mol. The number of anilines is 3. The summed E-state index contributed by atoms with van der Waals surface area (Å²) < 4.78 is 2.40. The van der Waals surface area contributed by atoms with E-state index in [4.69, 9.17) is 23.2 Å². The van der Waals surface area contributed by atoms with Crippen LogP contribution in [0.3, 0.4) is 0 Å². The Morgan fingerprint density at radius 1 is 0.565 bits per heavy atom. The van der Waals surface area contributed by atoms with Crippen molar-refractivity contribution in [3.63, 3.8) is 0 Å². The van der Waals surface area contributed by atoms with Gasteiger partial charge < -0.3 is 0 Å². The molecule has 0 amide bonds. The fourth-order valence-corrected chi connectivity index (χ4v) is 7.66. The lowest BCUT2D eigenvalue weighted by atomic mass is 9.33. The summed E-state index contributed by atoms with van der Waals surface area (Å²) >= 11 is 13.7. The van der Waals surface area contributed by atoms with Gasteiger partial charge in [-0.05, 0) is 99.3 Å². The van der Waals surface area contributed by atoms with Gasteiger partial charge in [-0.25, -0.2) is 0 Å². The molecule has 0 radical (unpaired) electrons. The van der Waals surface area contributed by atoms with E-state index in [0.29, 0.717) is 17.8 Å². The molecule has 2 nitrogen and oxygen atoms in total. The topological polar surface area (TPSA) is 8.17 Å². The number of halogens is 2. The highest BCUT2D eigenvalue weighted by Crippen LogP contribution is 2.43. The van der Waals surface area contributed by atoms with Gasteiger partial charge in [-0.15, -0.1) is 0 Å². The molecule has 1 aromatic heterocycles. The molecule has 0 N–H and O–H groups in total. The lowest BCUT2D eigenvalue weighted by molar-refractivity contribution is 0.812. The summed E-state index contributed by atoms with van der Waals surface area (Å²) in [4.78, 5) is 2.40. The summed E-state index contributed by atoms with van der Waals surface area (Å²) in [5, 5.41) is 2.64. The molecule has 5 aromatic carbocycles. The van der Waals surface area contributed by atoms with Crippen LogP contribution in [-0.2, 0) is 0 Å². The van der Waals surface area contributed by atoms with Crippen LogP contribution >= 0.6 is 23.2 Å². The first kappa shape index (κ1) is 30.7. The molecule has 46 heavy (non-hydrogen) atoms. The maximum Gasteiger partial charge on any atom is 0.250 e. The van der Waals surface area contributed by atoms with Crippen molar-refractivity contribution < 1.29 is 0 Å². The van der Waals surface area contributed by atoms with E-state index < -0.39 is 0 Å². The molecule has 0 spiro atoms. The molecule has 2 heterocycles. The molecule has 6 aromatic rings. The Bertz CT molecular complexity index is 2030. The minimum Gasteiger partial charge on any atom is -0.297 e. The molecular weight excluding hydrogens is 602 g/mol. The zero-order chi connectivity index (χ0) is 32.3. The van der Waals surface area contributed by atoms with Gasteiger partial charge in [-0.2, -0.15) is 0 Å². The zero-order valence-electron chi connectivity index (χ0n) is 27.4. The molecule has 0 atom stereocenters. The van der Waals surface area contributed by atoms with Crippen molar-refractivity contribution in [1.29, 1.82) is 0 Å². The van der Waals surface area contributed by atoms with Crippen LogP contribution in [0.2, 0.25) is 10.0 Å². The maximum absolute atomic E-state index is 6.87. The Morgan fingerprint density at radius 2 is 1.13 bits per heavy atom. The van der Waals surface area contributed by atoms with Gasteiger partial charge in [-0.1, -0.05) is 131 Å². The smallest absolute Gasteiger partial charge is 0.250 e. The van der Waals surface area contributed by atoms with Crippen LogP contribution < -0.4 is 21.3 Å². The van der Waals surface area contributed by atoms with E-state index in [0.717, 1.165) is 38.4 Å². The van der Waals surface area contributed by atoms with E-state index in [1.165, 1.54) is 38.5 Å². The van der Waals surface area contributed by atoms with Gasteiger partial charge in [0.25, 0.3) is 0 Å². The Kier molecular flexibility index (Phi) is 8.03. The van der Waals surface area contributed by atoms with Gasteiger partial charge in [0.15, 0.2) is 0 Å². The number of hydrogen-bond acceptors (Lipinski definition) is 1. The Morgan fingerprint density at radius 3 is 1.72 bits per heavy atom. The molecule has 0 saturated carbocycles. The molecule has 7 rings (SSSR count). The highest BCUT2D eigenvalue weighted by atomic mass is 35.5. The standard InChI is InChI=1S/C41H39BCl2N2/c1-25(2)28-21-34(26(3)4)39(35(22-28)27(5)6)42-36-20-18-30(44)24-38(36)46(32-15-11-8-12-16-32)41-40(42)33-19-17-29(43)23-37(33)45(41)31-13-9-7-10-14-31/h7-27H,1-6H3. The zero-order valence-corrected chi connectivity index (χ0v) is 28.9. The van der Waals surface area contributed by atoms with E-state index >= 15 is 0 Å². The van der Waals surface area contributed by atoms with E-state index in [2.05, 4.69) is 154 Å². The van der Waals surface area contributed by atoms with Crippen LogP contribution in [0.4, 0.5) is 17.2 Å². The van der Waals surface area contributed by atoms with Gasteiger partial charge in [0, 0.05) is 27.1 Å². The number of benzene rings is 5. The predicted octanol–water partition coefficient (Wildman–Crippen LogP) is 10.6. The third kappa shape index (κ3) is 5.05. The fraction of sp³-hybridized carbons (Fsp3) is 0.220. The van der Waals surface area contributed by atoms with E-state index in [9.17, 15) is 0 Å². The minimum atomic E-state index is -0.0214. The van der Waals surface area contributed by atoms with Crippen LogP contribution in [0.5, 0.6) is 0 Å².